The Bertz CT molecular complexity index is 793. The van der Waals surface area contributed by atoms with E-state index in [2.05, 4.69) is 92.6 Å². The maximum atomic E-state index is 3.63. The number of halogens is 4. The van der Waals surface area contributed by atoms with Crippen molar-refractivity contribution in [1.82, 2.24) is 0 Å². The van der Waals surface area contributed by atoms with E-state index in [9.17, 15) is 0 Å². The van der Waals surface area contributed by atoms with Crippen LogP contribution in [-0.2, 0) is 26.2 Å². The molecule has 2 aromatic rings. The molecule has 2 aromatic carbocycles. The average Bonchev–Trinajstić information content (AvgIpc) is 3.04. The number of hydrogen-bond donors (Lipinski definition) is 0. The van der Waals surface area contributed by atoms with E-state index in [0.717, 1.165) is 0 Å². The second-order valence-electron chi connectivity index (χ2n) is 5.00. The summed E-state index contributed by atoms with van der Waals surface area (Å²) in [6, 6.07) is 13.1. The van der Waals surface area contributed by atoms with Gasteiger partial charge in [0.05, 0.1) is 0 Å². The molecule has 2 atom stereocenters. The molecular weight excluding hydrogens is 570 g/mol. The van der Waals surface area contributed by atoms with E-state index in [1.807, 2.05) is 11.8 Å². The summed E-state index contributed by atoms with van der Waals surface area (Å²) in [5.41, 5.74) is 5.14. The van der Waals surface area contributed by atoms with Crippen molar-refractivity contribution in [3.8, 4) is 0 Å². The normalized spacial score (nSPS) is 18.9. The second-order valence-corrected chi connectivity index (χ2v) is 7.95. The van der Waals surface area contributed by atoms with Gasteiger partial charge in [0.15, 0.2) is 0 Å². The van der Waals surface area contributed by atoms with Crippen LogP contribution in [0, 0.1) is 12.2 Å². The van der Waals surface area contributed by atoms with Crippen LogP contribution < -0.4 is 24.8 Å². The molecule has 0 saturated heterocycles. The summed E-state index contributed by atoms with van der Waals surface area (Å²) in [5.74, 6) is 0. The first-order chi connectivity index (χ1) is 10.2. The van der Waals surface area contributed by atoms with Gasteiger partial charge < -0.3 is 24.8 Å². The van der Waals surface area contributed by atoms with Crippen LogP contribution in [0.4, 0.5) is 0 Å². The van der Waals surface area contributed by atoms with Gasteiger partial charge >= 0.3 is 26.2 Å². The molecule has 120 valence electrons. The molecular formula is C18H10Br2Cl2SZr. The van der Waals surface area contributed by atoms with Crippen molar-refractivity contribution >= 4 is 55.8 Å². The fraction of sp³-hybridized carbons (Fsp3) is 0.111. The summed E-state index contributed by atoms with van der Waals surface area (Å²) in [6.45, 7) is 0. The number of allylic oxidation sites excluding steroid dienone is 2. The Balaban J connectivity index is 0.000000960. The van der Waals surface area contributed by atoms with Gasteiger partial charge in [-0.1, -0.05) is 35.2 Å². The molecule has 0 aromatic heterocycles. The van der Waals surface area contributed by atoms with Crippen molar-refractivity contribution in [3.05, 3.63) is 70.8 Å². The van der Waals surface area contributed by atoms with Crippen molar-refractivity contribution in [3.63, 3.8) is 0 Å². The van der Waals surface area contributed by atoms with Crippen LogP contribution in [-0.4, -0.2) is 0 Å². The first kappa shape index (κ1) is 22.7. The average molecular weight is 580 g/mol. The predicted molar refractivity (Wildman–Crippen MR) is 95.8 cm³/mol. The summed E-state index contributed by atoms with van der Waals surface area (Å²) in [7, 11) is 0. The number of alkyl halides is 2. The van der Waals surface area contributed by atoms with Crippen LogP contribution >= 0.6 is 43.6 Å². The zero-order valence-corrected chi connectivity index (χ0v) is 20.2. The third-order valence-electron chi connectivity index (χ3n) is 3.69. The first-order valence-corrected chi connectivity index (χ1v) is 9.28. The van der Waals surface area contributed by atoms with Gasteiger partial charge in [-0.3, -0.25) is 12.2 Å². The van der Waals surface area contributed by atoms with Crippen LogP contribution in [0.25, 0.3) is 12.2 Å². The third kappa shape index (κ3) is 4.32. The second kappa shape index (κ2) is 9.58. The van der Waals surface area contributed by atoms with Crippen molar-refractivity contribution in [1.29, 1.82) is 0 Å². The Labute approximate surface area is 195 Å². The maximum Gasteiger partial charge on any atom is 4.00 e. The molecule has 0 bridgehead atoms. The Morgan fingerprint density at radius 1 is 0.875 bits per heavy atom. The van der Waals surface area contributed by atoms with Gasteiger partial charge in [0.2, 0.25) is 0 Å². The van der Waals surface area contributed by atoms with Gasteiger partial charge in [0.1, 0.15) is 0 Å². The molecule has 0 saturated carbocycles. The number of benzene rings is 2. The molecule has 0 spiro atoms. The fourth-order valence-corrected chi connectivity index (χ4v) is 4.71. The minimum atomic E-state index is 0. The molecule has 0 nitrogen and oxygen atoms in total. The quantitative estimate of drug-likeness (QED) is 0.366. The Kier molecular flexibility index (Phi) is 9.07. The zero-order chi connectivity index (χ0) is 14.4. The van der Waals surface area contributed by atoms with Crippen LogP contribution in [0.3, 0.4) is 0 Å². The molecule has 0 fully saturated rings. The molecule has 2 aliphatic carbocycles. The van der Waals surface area contributed by atoms with E-state index in [1.54, 1.807) is 0 Å². The summed E-state index contributed by atoms with van der Waals surface area (Å²) < 4.78 is 0. The van der Waals surface area contributed by atoms with E-state index in [-0.39, 0.29) is 60.7 Å². The fourth-order valence-electron chi connectivity index (χ4n) is 2.62. The topological polar surface area (TPSA) is 0 Å². The summed E-state index contributed by atoms with van der Waals surface area (Å²) in [5, 5.41) is 0. The van der Waals surface area contributed by atoms with Gasteiger partial charge in [-0.2, -0.15) is 11.1 Å². The van der Waals surface area contributed by atoms with E-state index in [0.29, 0.717) is 0 Å². The van der Waals surface area contributed by atoms with Crippen molar-refractivity contribution < 1.29 is 51.0 Å². The van der Waals surface area contributed by atoms with Crippen molar-refractivity contribution in [2.45, 2.75) is 19.4 Å². The standard InChI is InChI=1S/C18H10Br2S.2ClH.Zr/c19-16-8-4-11-10-12(5-6-13(11)16)21-18-3-1-2-14-15(18)7-9-17(14)20;;;/h1-7,10,16-17H;2*1H;/q-2;;;+4/p-2. The van der Waals surface area contributed by atoms with Gasteiger partial charge in [-0.15, -0.1) is 60.8 Å². The molecule has 0 heterocycles. The van der Waals surface area contributed by atoms with Crippen LogP contribution in [0.2, 0.25) is 0 Å². The molecule has 0 amide bonds. The SMILES string of the molecule is BrC1[C-]=Cc2cc(Sc3cccc4c3C=[C-]C4Br)ccc21.[Cl-].[Cl-].[Zr+4]. The molecule has 0 N–H and O–H groups in total. The van der Waals surface area contributed by atoms with E-state index < -0.39 is 0 Å². The van der Waals surface area contributed by atoms with Gasteiger partial charge in [-0.05, 0) is 14.5 Å². The predicted octanol–water partition coefficient (Wildman–Crippen LogP) is 0.375. The molecule has 24 heavy (non-hydrogen) atoms. The van der Waals surface area contributed by atoms with Crippen molar-refractivity contribution in [2.75, 3.05) is 0 Å². The molecule has 0 aliphatic heterocycles. The molecule has 2 unspecified atom stereocenters. The monoisotopic (exact) mass is 576 g/mol. The van der Waals surface area contributed by atoms with Gasteiger partial charge in [0.25, 0.3) is 0 Å². The largest absolute Gasteiger partial charge is 4.00 e. The molecule has 6 heteroatoms. The Morgan fingerprint density at radius 3 is 2.38 bits per heavy atom. The van der Waals surface area contributed by atoms with Crippen LogP contribution in [0.15, 0.2) is 46.2 Å². The molecule has 4 rings (SSSR count). The third-order valence-corrected chi connectivity index (χ3v) is 6.27. The van der Waals surface area contributed by atoms with Crippen LogP contribution in [0.1, 0.15) is 31.9 Å². The first-order valence-electron chi connectivity index (χ1n) is 6.64. The zero-order valence-electron chi connectivity index (χ0n) is 12.2. The Morgan fingerprint density at radius 2 is 1.58 bits per heavy atom. The van der Waals surface area contributed by atoms with E-state index in [4.69, 9.17) is 0 Å². The number of rotatable bonds is 2. The minimum Gasteiger partial charge on any atom is -1.00 e. The number of fused-ring (bicyclic) bond motifs is 2. The number of hydrogen-bond acceptors (Lipinski definition) is 1. The summed E-state index contributed by atoms with van der Waals surface area (Å²) in [4.78, 5) is 3.00. The molecule has 0 radical (unpaired) electrons. The smallest absolute Gasteiger partial charge is 1.00 e. The minimum absolute atomic E-state index is 0. The summed E-state index contributed by atoms with van der Waals surface area (Å²) in [6.07, 6.45) is 10.8. The maximum absolute atomic E-state index is 3.63. The van der Waals surface area contributed by atoms with Crippen molar-refractivity contribution in [2.24, 2.45) is 0 Å². The van der Waals surface area contributed by atoms with Crippen LogP contribution in [0.5, 0.6) is 0 Å². The molecule has 2 aliphatic rings. The van der Waals surface area contributed by atoms with Gasteiger partial charge in [0, 0.05) is 0 Å². The van der Waals surface area contributed by atoms with E-state index >= 15 is 0 Å². The Hall–Kier alpha value is 0.693. The summed E-state index contributed by atoms with van der Waals surface area (Å²) >= 11 is 9.05. The van der Waals surface area contributed by atoms with Gasteiger partial charge in [-0.25, -0.2) is 12.2 Å². The van der Waals surface area contributed by atoms with E-state index in [1.165, 1.54) is 32.0 Å².